The summed E-state index contributed by atoms with van der Waals surface area (Å²) in [5, 5.41) is 10.7. The lowest BCUT2D eigenvalue weighted by atomic mass is 10.1. The summed E-state index contributed by atoms with van der Waals surface area (Å²) in [6.07, 6.45) is 2.28. The molecule has 2 amide bonds. The van der Waals surface area contributed by atoms with E-state index in [1.807, 2.05) is 6.26 Å². The molecule has 2 aromatic carbocycles. The van der Waals surface area contributed by atoms with E-state index >= 15 is 0 Å². The maximum atomic E-state index is 12.7. The number of primary sulfonamides is 1. The van der Waals surface area contributed by atoms with Gasteiger partial charge in [0, 0.05) is 5.69 Å². The monoisotopic (exact) mass is 441 g/mol. The number of hydrogen-bond acceptors (Lipinski definition) is 5. The molecule has 0 aliphatic heterocycles. The molecule has 0 radical (unpaired) electrons. The number of nitrogens with one attached hydrogen (secondary N) is 2. The first kappa shape index (κ1) is 22.2. The van der Waals surface area contributed by atoms with Crippen molar-refractivity contribution in [3.63, 3.8) is 0 Å². The van der Waals surface area contributed by atoms with Crippen LogP contribution in [0.4, 0.5) is 5.69 Å². The van der Waals surface area contributed by atoms with Gasteiger partial charge < -0.3 is 10.6 Å². The largest absolute Gasteiger partial charge is 0.340 e. The van der Waals surface area contributed by atoms with Gasteiger partial charge in [-0.05, 0) is 48.8 Å². The Labute approximate surface area is 173 Å². The summed E-state index contributed by atoms with van der Waals surface area (Å²) in [4.78, 5) is 25.1. The first-order valence-corrected chi connectivity index (χ1v) is 11.5. The molecule has 0 saturated carbocycles. The minimum Gasteiger partial charge on any atom is -0.340 e. The molecule has 7 nitrogen and oxygen atoms in total. The second kappa shape index (κ2) is 9.92. The van der Waals surface area contributed by atoms with E-state index in [-0.39, 0.29) is 21.2 Å². The number of carbonyl (C=O) groups excluding carboxylic acids is 2. The van der Waals surface area contributed by atoms with E-state index in [0.717, 1.165) is 0 Å². The molecule has 0 unspecified atom stereocenters. The molecule has 0 spiro atoms. The molecular weight excluding hydrogens is 422 g/mol. The van der Waals surface area contributed by atoms with E-state index in [1.54, 1.807) is 24.3 Å². The topological polar surface area (TPSA) is 118 Å². The van der Waals surface area contributed by atoms with Gasteiger partial charge in [-0.25, -0.2) is 13.6 Å². The molecule has 1 atom stereocenters. The fourth-order valence-corrected chi connectivity index (χ4v) is 3.62. The second-order valence-electron chi connectivity index (χ2n) is 5.85. The van der Waals surface area contributed by atoms with E-state index in [2.05, 4.69) is 10.6 Å². The van der Waals surface area contributed by atoms with E-state index < -0.39 is 27.9 Å². The average Bonchev–Trinajstić information content (AvgIpc) is 2.64. The molecular formula is C18H20ClN3O4S2. The van der Waals surface area contributed by atoms with E-state index in [0.29, 0.717) is 12.2 Å². The fourth-order valence-electron chi connectivity index (χ4n) is 2.37. The number of benzene rings is 2. The third-order valence-electron chi connectivity index (χ3n) is 3.78. The van der Waals surface area contributed by atoms with Crippen LogP contribution in [0.2, 0.25) is 5.02 Å². The number of thioether (sulfide) groups is 1. The highest BCUT2D eigenvalue weighted by molar-refractivity contribution is 7.98. The lowest BCUT2D eigenvalue weighted by Gasteiger charge is -2.19. The van der Waals surface area contributed by atoms with Crippen molar-refractivity contribution in [3.05, 3.63) is 59.1 Å². The minimum atomic E-state index is -3.89. The van der Waals surface area contributed by atoms with Crippen molar-refractivity contribution in [2.45, 2.75) is 17.4 Å². The normalized spacial score (nSPS) is 12.2. The van der Waals surface area contributed by atoms with Gasteiger partial charge in [0.2, 0.25) is 15.9 Å². The van der Waals surface area contributed by atoms with Crippen molar-refractivity contribution < 1.29 is 18.0 Å². The van der Waals surface area contributed by atoms with Gasteiger partial charge in [0.25, 0.3) is 5.91 Å². The van der Waals surface area contributed by atoms with Gasteiger partial charge in [0.15, 0.2) is 0 Å². The molecule has 10 heteroatoms. The van der Waals surface area contributed by atoms with Crippen LogP contribution in [-0.4, -0.2) is 38.3 Å². The predicted octanol–water partition coefficient (Wildman–Crippen LogP) is 2.48. The lowest BCUT2D eigenvalue weighted by Crippen LogP contribution is -2.44. The number of nitrogens with two attached hydrogens (primary N) is 1. The quantitative estimate of drug-likeness (QED) is 0.581. The summed E-state index contributed by atoms with van der Waals surface area (Å²) in [7, 11) is -3.89. The smallest absolute Gasteiger partial charge is 0.253 e. The molecule has 2 rings (SSSR count). The molecule has 2 aromatic rings. The van der Waals surface area contributed by atoms with Crippen molar-refractivity contribution in [1.82, 2.24) is 5.32 Å². The number of halogens is 1. The maximum Gasteiger partial charge on any atom is 0.253 e. The van der Waals surface area contributed by atoms with E-state index in [9.17, 15) is 18.0 Å². The number of sulfonamides is 1. The molecule has 150 valence electrons. The average molecular weight is 442 g/mol. The van der Waals surface area contributed by atoms with Crippen LogP contribution in [0.15, 0.2) is 53.4 Å². The van der Waals surface area contributed by atoms with Gasteiger partial charge in [-0.3, -0.25) is 9.59 Å². The van der Waals surface area contributed by atoms with E-state index in [1.165, 1.54) is 36.0 Å². The van der Waals surface area contributed by atoms with Crippen LogP contribution in [0.25, 0.3) is 0 Å². The summed E-state index contributed by atoms with van der Waals surface area (Å²) >= 11 is 7.57. The summed E-state index contributed by atoms with van der Waals surface area (Å²) in [6.45, 7) is 0. The highest BCUT2D eigenvalue weighted by Gasteiger charge is 2.22. The standard InChI is InChI=1S/C18H20ClN3O4S2/c1-27-10-9-16(22-17(23)14-7-2-3-8-15(14)19)18(24)21-12-5-4-6-13(11-12)28(20,25)26/h2-8,11,16H,9-10H2,1H3,(H,21,24)(H,22,23)(H2,20,25,26)/t16-/m0/s1. The minimum absolute atomic E-state index is 0.119. The Morgan fingerprint density at radius 1 is 1.18 bits per heavy atom. The number of carbonyl (C=O) groups is 2. The number of hydrogen-bond donors (Lipinski definition) is 3. The van der Waals surface area contributed by atoms with Gasteiger partial charge in [-0.1, -0.05) is 29.8 Å². The Hall–Kier alpha value is -2.07. The highest BCUT2D eigenvalue weighted by Crippen LogP contribution is 2.17. The van der Waals surface area contributed by atoms with E-state index in [4.69, 9.17) is 16.7 Å². The fraction of sp³-hybridized carbons (Fsp3) is 0.222. The second-order valence-corrected chi connectivity index (χ2v) is 8.80. The van der Waals surface area contributed by atoms with Gasteiger partial charge in [-0.15, -0.1) is 0 Å². The van der Waals surface area contributed by atoms with Crippen LogP contribution in [0.5, 0.6) is 0 Å². The Kier molecular flexibility index (Phi) is 7.88. The van der Waals surface area contributed by atoms with Crippen molar-refractivity contribution in [2.24, 2.45) is 5.14 Å². The molecule has 0 fully saturated rings. The molecule has 0 aliphatic rings. The zero-order valence-electron chi connectivity index (χ0n) is 15.0. The Balaban J connectivity index is 2.17. The number of anilines is 1. The summed E-state index contributed by atoms with van der Waals surface area (Å²) in [5.74, 6) is -0.302. The number of rotatable bonds is 8. The first-order chi connectivity index (χ1) is 13.2. The van der Waals surface area contributed by atoms with Crippen molar-refractivity contribution in [2.75, 3.05) is 17.3 Å². The summed E-state index contributed by atoms with van der Waals surface area (Å²) < 4.78 is 22.9. The third kappa shape index (κ3) is 6.23. The SMILES string of the molecule is CSCC[C@H](NC(=O)c1ccccc1Cl)C(=O)Nc1cccc(S(N)(=O)=O)c1. The molecule has 0 bridgehead atoms. The molecule has 0 aromatic heterocycles. The predicted molar refractivity (Wildman–Crippen MR) is 112 cm³/mol. The third-order valence-corrected chi connectivity index (χ3v) is 5.67. The van der Waals surface area contributed by atoms with Gasteiger partial charge >= 0.3 is 0 Å². The van der Waals surface area contributed by atoms with Crippen LogP contribution in [0.3, 0.4) is 0 Å². The zero-order chi connectivity index (χ0) is 20.7. The Morgan fingerprint density at radius 3 is 2.54 bits per heavy atom. The molecule has 0 saturated heterocycles. The van der Waals surface area contributed by atoms with Crippen LogP contribution >= 0.6 is 23.4 Å². The maximum absolute atomic E-state index is 12.7. The molecule has 28 heavy (non-hydrogen) atoms. The van der Waals surface area contributed by atoms with Gasteiger partial charge in [-0.2, -0.15) is 11.8 Å². The van der Waals surface area contributed by atoms with Crippen molar-refractivity contribution >= 4 is 50.9 Å². The van der Waals surface area contributed by atoms with Gasteiger partial charge in [0.1, 0.15) is 6.04 Å². The zero-order valence-corrected chi connectivity index (χ0v) is 17.4. The summed E-state index contributed by atoms with van der Waals surface area (Å²) in [6, 6.07) is 11.3. The summed E-state index contributed by atoms with van der Waals surface area (Å²) in [5.41, 5.74) is 0.528. The van der Waals surface area contributed by atoms with Crippen molar-refractivity contribution in [3.8, 4) is 0 Å². The van der Waals surface area contributed by atoms with Crippen LogP contribution in [-0.2, 0) is 14.8 Å². The van der Waals surface area contributed by atoms with Gasteiger partial charge in [0.05, 0.1) is 15.5 Å². The van der Waals surface area contributed by atoms with Crippen LogP contribution in [0, 0.1) is 0 Å². The Morgan fingerprint density at radius 2 is 1.89 bits per heavy atom. The molecule has 4 N–H and O–H groups in total. The molecule has 0 heterocycles. The first-order valence-electron chi connectivity index (χ1n) is 8.20. The van der Waals surface area contributed by atoms with Crippen LogP contribution < -0.4 is 15.8 Å². The highest BCUT2D eigenvalue weighted by atomic mass is 35.5. The van der Waals surface area contributed by atoms with Crippen molar-refractivity contribution in [1.29, 1.82) is 0 Å². The molecule has 0 aliphatic carbocycles. The van der Waals surface area contributed by atoms with Crippen LogP contribution in [0.1, 0.15) is 16.8 Å². The Bertz CT molecular complexity index is 967. The lowest BCUT2D eigenvalue weighted by molar-refractivity contribution is -0.118. The number of amides is 2.